The van der Waals surface area contributed by atoms with Crippen molar-refractivity contribution in [2.24, 2.45) is 7.05 Å². The number of carbonyl (C=O) groups is 3. The lowest BCUT2D eigenvalue weighted by atomic mass is 10.1. The number of nitrogens with one attached hydrogen (secondary N) is 1. The number of aryl methyl sites for hydroxylation is 1. The van der Waals surface area contributed by atoms with Gasteiger partial charge in [0.05, 0.1) is 22.1 Å². The minimum Gasteiger partial charge on any atom is -0.324 e. The number of aromatic nitrogens is 3. The van der Waals surface area contributed by atoms with E-state index in [0.29, 0.717) is 16.4 Å². The molecule has 1 aliphatic heterocycles. The summed E-state index contributed by atoms with van der Waals surface area (Å²) in [5.41, 5.74) is 0.805. The predicted molar refractivity (Wildman–Crippen MR) is 95.7 cm³/mol. The lowest BCUT2D eigenvalue weighted by Crippen LogP contribution is -2.33. The number of imide groups is 1. The molecule has 2 aliphatic rings. The Bertz CT molecular complexity index is 1220. The van der Waals surface area contributed by atoms with Gasteiger partial charge in [0.2, 0.25) is 0 Å². The number of carbonyl (C=O) groups excluding carboxylic acids is 3. The van der Waals surface area contributed by atoms with Crippen LogP contribution in [0.4, 0.5) is 0 Å². The number of aromatic amines is 1. The van der Waals surface area contributed by atoms with E-state index in [1.165, 1.54) is 22.9 Å². The Hall–Kier alpha value is -3.75. The number of rotatable bonds is 3. The first-order valence-corrected chi connectivity index (χ1v) is 8.75. The molecule has 0 saturated heterocycles. The molecule has 0 spiro atoms. The van der Waals surface area contributed by atoms with E-state index in [9.17, 15) is 19.2 Å². The Labute approximate surface area is 157 Å². The first-order chi connectivity index (χ1) is 13.5. The molecule has 1 fully saturated rings. The van der Waals surface area contributed by atoms with Crippen molar-refractivity contribution in [3.05, 3.63) is 63.1 Å². The van der Waals surface area contributed by atoms with Crippen molar-refractivity contribution in [3.8, 4) is 0 Å². The van der Waals surface area contributed by atoms with E-state index in [4.69, 9.17) is 4.84 Å². The molecule has 2 aromatic heterocycles. The number of benzene rings is 1. The van der Waals surface area contributed by atoms with Crippen LogP contribution in [0.15, 0.2) is 35.1 Å². The third-order valence-corrected chi connectivity index (χ3v) is 4.98. The zero-order chi connectivity index (χ0) is 19.6. The molecular weight excluding hydrogens is 364 g/mol. The summed E-state index contributed by atoms with van der Waals surface area (Å²) in [4.78, 5) is 59.6. The van der Waals surface area contributed by atoms with Crippen molar-refractivity contribution in [2.45, 2.75) is 18.8 Å². The molecule has 0 atom stereocenters. The van der Waals surface area contributed by atoms with Gasteiger partial charge in [0.1, 0.15) is 0 Å². The van der Waals surface area contributed by atoms with E-state index in [0.717, 1.165) is 12.8 Å². The Morgan fingerprint density at radius 3 is 2.39 bits per heavy atom. The number of nitrogens with zero attached hydrogens (tertiary/aromatic N) is 3. The summed E-state index contributed by atoms with van der Waals surface area (Å²) in [5, 5.41) is 3.07. The van der Waals surface area contributed by atoms with E-state index in [2.05, 4.69) is 10.1 Å². The summed E-state index contributed by atoms with van der Waals surface area (Å²) in [6.45, 7) is 0. The van der Waals surface area contributed by atoms with Crippen LogP contribution < -0.4 is 5.56 Å². The highest BCUT2D eigenvalue weighted by atomic mass is 16.7. The third-order valence-electron chi connectivity index (χ3n) is 4.98. The molecule has 28 heavy (non-hydrogen) atoms. The van der Waals surface area contributed by atoms with Crippen molar-refractivity contribution >= 4 is 28.8 Å². The van der Waals surface area contributed by atoms with E-state index < -0.39 is 23.3 Å². The molecule has 9 heteroatoms. The van der Waals surface area contributed by atoms with Crippen LogP contribution >= 0.6 is 0 Å². The molecule has 3 aromatic rings. The number of hydrogen-bond donors (Lipinski definition) is 1. The van der Waals surface area contributed by atoms with Crippen molar-refractivity contribution in [1.82, 2.24) is 19.8 Å². The van der Waals surface area contributed by atoms with Gasteiger partial charge < -0.3 is 4.84 Å². The van der Waals surface area contributed by atoms with Crippen molar-refractivity contribution in [1.29, 1.82) is 0 Å². The summed E-state index contributed by atoms with van der Waals surface area (Å²) in [6.07, 6.45) is 1.90. The summed E-state index contributed by atoms with van der Waals surface area (Å²) < 4.78 is 1.43. The van der Waals surface area contributed by atoms with Gasteiger partial charge in [-0.3, -0.25) is 24.2 Å². The highest BCUT2D eigenvalue weighted by molar-refractivity contribution is 6.21. The SMILES string of the molecule is Cn1[nH]c(=O)c2c(C(=O)ON3C(=O)c4ccccc4C3=O)cc(C3CC3)nc21. The van der Waals surface area contributed by atoms with Gasteiger partial charge in [-0.25, -0.2) is 9.78 Å². The van der Waals surface area contributed by atoms with Crippen LogP contribution in [0.5, 0.6) is 0 Å². The van der Waals surface area contributed by atoms with Gasteiger partial charge in [-0.1, -0.05) is 17.2 Å². The second-order valence-electron chi connectivity index (χ2n) is 6.90. The van der Waals surface area contributed by atoms with E-state index >= 15 is 0 Å². The maximum atomic E-state index is 12.9. The van der Waals surface area contributed by atoms with Crippen molar-refractivity contribution in [2.75, 3.05) is 0 Å². The van der Waals surface area contributed by atoms with Gasteiger partial charge in [-0.15, -0.1) is 0 Å². The fourth-order valence-electron chi connectivity index (χ4n) is 3.41. The molecule has 1 aliphatic carbocycles. The lowest BCUT2D eigenvalue weighted by molar-refractivity contribution is -0.0583. The molecule has 140 valence electrons. The fraction of sp³-hybridized carbons (Fsp3) is 0.211. The zero-order valence-electron chi connectivity index (χ0n) is 14.8. The maximum Gasteiger partial charge on any atom is 0.364 e. The van der Waals surface area contributed by atoms with Crippen LogP contribution in [0.2, 0.25) is 0 Å². The smallest absolute Gasteiger partial charge is 0.324 e. The normalized spacial score (nSPS) is 16.0. The Balaban J connectivity index is 1.56. The van der Waals surface area contributed by atoms with Crippen LogP contribution in [0.1, 0.15) is 55.5 Å². The van der Waals surface area contributed by atoms with Crippen molar-refractivity contribution in [3.63, 3.8) is 0 Å². The number of amides is 2. The molecule has 3 heterocycles. The second kappa shape index (κ2) is 5.62. The van der Waals surface area contributed by atoms with Crippen LogP contribution in [0.25, 0.3) is 11.0 Å². The van der Waals surface area contributed by atoms with Crippen LogP contribution in [0.3, 0.4) is 0 Å². The number of H-pyrrole nitrogens is 1. The Morgan fingerprint density at radius 2 is 1.79 bits per heavy atom. The Morgan fingerprint density at radius 1 is 1.14 bits per heavy atom. The highest BCUT2D eigenvalue weighted by Crippen LogP contribution is 2.40. The molecule has 0 bridgehead atoms. The largest absolute Gasteiger partial charge is 0.364 e. The number of hydroxylamine groups is 2. The molecule has 0 radical (unpaired) electrons. The summed E-state index contributed by atoms with van der Waals surface area (Å²) >= 11 is 0. The molecule has 2 amide bonds. The average Bonchev–Trinajstić information content (AvgIpc) is 3.47. The van der Waals surface area contributed by atoms with E-state index in [1.807, 2.05) is 0 Å². The minimum absolute atomic E-state index is 0.0229. The molecule has 0 unspecified atom stereocenters. The van der Waals surface area contributed by atoms with Crippen LogP contribution in [-0.4, -0.2) is 37.6 Å². The average molecular weight is 378 g/mol. The minimum atomic E-state index is -0.958. The summed E-state index contributed by atoms with van der Waals surface area (Å²) in [6, 6.07) is 7.72. The fourth-order valence-corrected chi connectivity index (χ4v) is 3.41. The zero-order valence-corrected chi connectivity index (χ0v) is 14.8. The van der Waals surface area contributed by atoms with Gasteiger partial charge in [-0.05, 0) is 31.0 Å². The maximum absolute atomic E-state index is 12.9. The highest BCUT2D eigenvalue weighted by Gasteiger charge is 2.39. The van der Waals surface area contributed by atoms with Gasteiger partial charge in [0.15, 0.2) is 5.65 Å². The Kier molecular flexibility index (Phi) is 3.30. The topological polar surface area (TPSA) is 114 Å². The first kappa shape index (κ1) is 16.4. The van der Waals surface area contributed by atoms with Crippen LogP contribution in [-0.2, 0) is 11.9 Å². The summed E-state index contributed by atoms with van der Waals surface area (Å²) in [7, 11) is 1.62. The van der Waals surface area contributed by atoms with Crippen molar-refractivity contribution < 1.29 is 19.2 Å². The molecule has 1 saturated carbocycles. The summed E-state index contributed by atoms with van der Waals surface area (Å²) in [5.74, 6) is -2.17. The number of pyridine rings is 1. The van der Waals surface area contributed by atoms with Gasteiger partial charge in [0.25, 0.3) is 17.4 Å². The standard InChI is InChI=1S/C19H14N4O5/c1-22-15-14(16(24)21-22)12(8-13(20-15)9-6-7-9)19(27)28-23-17(25)10-4-2-3-5-11(10)18(23)26/h2-5,8-9H,6-7H2,1H3,(H,21,24). The molecule has 5 rings (SSSR count). The molecule has 9 nitrogen and oxygen atoms in total. The van der Waals surface area contributed by atoms with Crippen LogP contribution in [0, 0.1) is 0 Å². The monoisotopic (exact) mass is 378 g/mol. The van der Waals surface area contributed by atoms with E-state index in [-0.39, 0.29) is 28.0 Å². The number of hydrogen-bond acceptors (Lipinski definition) is 6. The molecule has 1 aromatic carbocycles. The lowest BCUT2D eigenvalue weighted by Gasteiger charge is -2.13. The van der Waals surface area contributed by atoms with E-state index in [1.54, 1.807) is 19.2 Å². The molecule has 1 N–H and O–H groups in total. The third kappa shape index (κ3) is 2.29. The predicted octanol–water partition coefficient (Wildman–Crippen LogP) is 1.51. The van der Waals surface area contributed by atoms with Gasteiger partial charge in [0, 0.05) is 18.7 Å². The van der Waals surface area contributed by atoms with Gasteiger partial charge in [-0.2, -0.15) is 0 Å². The second-order valence-corrected chi connectivity index (χ2v) is 6.90. The van der Waals surface area contributed by atoms with Gasteiger partial charge >= 0.3 is 5.97 Å². The first-order valence-electron chi connectivity index (χ1n) is 8.75. The quantitative estimate of drug-likeness (QED) is 0.691. The molecular formula is C19H14N4O5. The number of fused-ring (bicyclic) bond motifs is 2.